The Morgan fingerprint density at radius 2 is 0.865 bits per heavy atom. The van der Waals surface area contributed by atoms with E-state index in [4.69, 9.17) is 6.42 Å². The number of thioether (sulfide) groups is 1. The third kappa shape index (κ3) is 61.5. The predicted octanol–water partition coefficient (Wildman–Crippen LogP) is 8.29. The van der Waals surface area contributed by atoms with E-state index in [0.29, 0.717) is 63.4 Å². The number of nitrogens with one attached hydrogen (secondary N) is 4. The fourth-order valence-electron chi connectivity index (χ4n) is 2.96. The highest BCUT2D eigenvalue weighted by atomic mass is 32.2. The van der Waals surface area contributed by atoms with Crippen molar-refractivity contribution in [1.29, 1.82) is 0 Å². The molecule has 0 aliphatic heterocycles. The molecule has 0 aliphatic rings. The minimum absolute atomic E-state index is 0.0660. The number of rotatable bonds is 15. The molecule has 0 radical (unpaired) electrons. The van der Waals surface area contributed by atoms with Gasteiger partial charge in [-0.05, 0) is 70.1 Å². The van der Waals surface area contributed by atoms with Crippen molar-refractivity contribution in [3.8, 4) is 17.8 Å². The van der Waals surface area contributed by atoms with E-state index in [0.717, 1.165) is 12.8 Å². The molecular weight excluding hydrogens is 673 g/mol. The summed E-state index contributed by atoms with van der Waals surface area (Å²) in [4.78, 5) is 52.5. The van der Waals surface area contributed by atoms with Crippen molar-refractivity contribution in [2.45, 2.75) is 141 Å². The van der Waals surface area contributed by atoms with Gasteiger partial charge in [-0.15, -0.1) is 0 Å². The normalized spacial score (nSPS) is 8.31. The van der Waals surface area contributed by atoms with E-state index in [2.05, 4.69) is 85.1 Å². The van der Waals surface area contributed by atoms with Gasteiger partial charge in [0, 0.05) is 64.7 Å². The summed E-state index contributed by atoms with van der Waals surface area (Å²) in [6, 6.07) is 8.74. The molecule has 0 heterocycles. The van der Waals surface area contributed by atoms with E-state index in [1.54, 1.807) is 6.92 Å². The molecule has 0 unspecified atom stereocenters. The number of urea groups is 1. The van der Waals surface area contributed by atoms with Crippen LogP contribution in [0.2, 0.25) is 0 Å². The Morgan fingerprint density at radius 3 is 1.00 bits per heavy atom. The molecule has 1 rings (SSSR count). The summed E-state index contributed by atoms with van der Waals surface area (Å²) in [5.74, 6) is 9.73. The highest BCUT2D eigenvalue weighted by Crippen LogP contribution is 2.04. The molecule has 0 saturated carbocycles. The van der Waals surface area contributed by atoms with Crippen molar-refractivity contribution in [1.82, 2.24) is 21.3 Å². The molecule has 0 atom stereocenters. The van der Waals surface area contributed by atoms with Crippen molar-refractivity contribution in [3.63, 3.8) is 0 Å². The van der Waals surface area contributed by atoms with Gasteiger partial charge < -0.3 is 27.7 Å². The van der Waals surface area contributed by atoms with Crippen LogP contribution in [0.5, 0.6) is 0 Å². The molecule has 0 aromatic heterocycles. The highest BCUT2D eigenvalue weighted by molar-refractivity contribution is 7.99. The van der Waals surface area contributed by atoms with E-state index in [1.807, 2.05) is 73.1 Å². The van der Waals surface area contributed by atoms with Crippen LogP contribution in [-0.2, 0) is 32.0 Å². The summed E-state index contributed by atoms with van der Waals surface area (Å²) in [5, 5.41) is 10.4. The van der Waals surface area contributed by atoms with Crippen molar-refractivity contribution >= 4 is 41.2 Å². The second-order valence-corrected chi connectivity index (χ2v) is 11.7. The molecule has 1 aromatic rings. The molecule has 52 heavy (non-hydrogen) atoms. The molecule has 4 amide bonds. The molecule has 9 nitrogen and oxygen atoms in total. The van der Waals surface area contributed by atoms with Gasteiger partial charge in [0.1, 0.15) is 11.6 Å². The lowest BCUT2D eigenvalue weighted by Crippen LogP contribution is -2.34. The first-order chi connectivity index (χ1) is 24.8. The van der Waals surface area contributed by atoms with Crippen LogP contribution >= 0.6 is 11.8 Å². The van der Waals surface area contributed by atoms with Gasteiger partial charge in [0.05, 0.1) is 0 Å². The maximum Gasteiger partial charge on any atom is 0.314 e. The highest BCUT2D eigenvalue weighted by Gasteiger charge is 2.03. The first-order valence-corrected chi connectivity index (χ1v) is 20.1. The Morgan fingerprint density at radius 1 is 0.558 bits per heavy atom. The Hall–Kier alpha value is -3.76. The molecule has 0 fully saturated rings. The molecule has 0 aliphatic carbocycles. The zero-order valence-corrected chi connectivity index (χ0v) is 36.0. The molecule has 0 saturated heterocycles. The SMILES string of the molecule is CCC(=O)CC.CCC(=O)CC.CCNC(=O)CCC(=O)NCC.CCNC(=O)NCC.CCSCC.CCc1ccc(CC)cc1.[C-]#CC#CC. The summed E-state index contributed by atoms with van der Waals surface area (Å²) in [7, 11) is 0. The molecule has 0 spiro atoms. The molecule has 4 N–H and O–H groups in total. The van der Waals surface area contributed by atoms with E-state index in [-0.39, 0.29) is 30.7 Å². The van der Waals surface area contributed by atoms with Crippen molar-refractivity contribution in [3.05, 3.63) is 41.8 Å². The van der Waals surface area contributed by atoms with Gasteiger partial charge in [-0.2, -0.15) is 11.8 Å². The smallest absolute Gasteiger partial charge is 0.314 e. The van der Waals surface area contributed by atoms with E-state index >= 15 is 0 Å². The molecule has 1 aromatic carbocycles. The molecule has 0 bridgehead atoms. The van der Waals surface area contributed by atoms with Crippen LogP contribution in [-0.4, -0.2) is 67.1 Å². The lowest BCUT2D eigenvalue weighted by atomic mass is 10.1. The number of ketones is 2. The average Bonchev–Trinajstić information content (AvgIpc) is 3.16. The summed E-state index contributed by atoms with van der Waals surface area (Å²) < 4.78 is 0. The Labute approximate surface area is 324 Å². The largest absolute Gasteiger partial charge is 0.358 e. The quantitative estimate of drug-likeness (QED) is 0.105. The zero-order valence-electron chi connectivity index (χ0n) is 35.2. The average molecular weight is 748 g/mol. The molecule has 10 heteroatoms. The van der Waals surface area contributed by atoms with Gasteiger partial charge in [0.25, 0.3) is 0 Å². The second-order valence-electron chi connectivity index (χ2n) is 10.1. The van der Waals surface area contributed by atoms with Crippen LogP contribution in [0.15, 0.2) is 24.3 Å². The summed E-state index contributed by atoms with van der Waals surface area (Å²) in [5.41, 5.74) is 2.86. The minimum atomic E-state index is -0.0880. The first-order valence-electron chi connectivity index (χ1n) is 18.9. The number of aryl methyl sites for hydroxylation is 2. The minimum Gasteiger partial charge on any atom is -0.358 e. The lowest BCUT2D eigenvalue weighted by molar-refractivity contribution is -0.126. The zero-order chi connectivity index (χ0) is 41.4. The Bertz CT molecular complexity index is 996. The number of hydrogen-bond donors (Lipinski definition) is 4. The summed E-state index contributed by atoms with van der Waals surface area (Å²) in [6.07, 6.45) is 11.8. The number of benzene rings is 1. The van der Waals surface area contributed by atoms with Gasteiger partial charge >= 0.3 is 6.03 Å². The predicted molar refractivity (Wildman–Crippen MR) is 225 cm³/mol. The third-order valence-corrected chi connectivity index (χ3v) is 6.83. The van der Waals surface area contributed by atoms with Crippen LogP contribution in [0, 0.1) is 24.2 Å². The summed E-state index contributed by atoms with van der Waals surface area (Å²) in [6.45, 7) is 28.0. The Balaban J connectivity index is -0.000000122. The number of carbonyl (C=O) groups is 5. The van der Waals surface area contributed by atoms with Crippen LogP contribution in [0.25, 0.3) is 0 Å². The fraction of sp³-hybridized carbons (Fsp3) is 0.643. The van der Waals surface area contributed by atoms with Crippen LogP contribution in [0.4, 0.5) is 4.79 Å². The third-order valence-electron chi connectivity index (χ3n) is 6.01. The monoisotopic (exact) mass is 748 g/mol. The van der Waals surface area contributed by atoms with Crippen molar-refractivity contribution in [2.75, 3.05) is 37.7 Å². The van der Waals surface area contributed by atoms with E-state index in [1.165, 1.54) is 22.6 Å². The Kier molecular flexibility index (Phi) is 62.7. The van der Waals surface area contributed by atoms with Crippen LogP contribution in [0.3, 0.4) is 0 Å². The number of hydrogen-bond acceptors (Lipinski definition) is 6. The number of Topliss-reactive ketones (excluding diaryl/α,β-unsaturated/α-hetero) is 2. The topological polar surface area (TPSA) is 133 Å². The van der Waals surface area contributed by atoms with Gasteiger partial charge in [0.2, 0.25) is 11.8 Å². The second kappa shape index (κ2) is 54.0. The number of carbonyl (C=O) groups excluding carboxylic acids is 5. The van der Waals surface area contributed by atoms with Gasteiger partial charge in [-0.3, -0.25) is 31.0 Å². The van der Waals surface area contributed by atoms with Crippen molar-refractivity contribution < 1.29 is 24.0 Å². The van der Waals surface area contributed by atoms with Crippen LogP contribution in [0.1, 0.15) is 140 Å². The summed E-state index contributed by atoms with van der Waals surface area (Å²) >= 11 is 1.96. The molecular formula is C42H75N4O5S-. The fourth-order valence-corrected chi connectivity index (χ4v) is 3.37. The number of amides is 4. The molecule has 300 valence electrons. The first kappa shape index (κ1) is 60.3. The van der Waals surface area contributed by atoms with Gasteiger partial charge in [-0.25, -0.2) is 10.7 Å². The van der Waals surface area contributed by atoms with Gasteiger partial charge in [-0.1, -0.05) is 79.7 Å². The van der Waals surface area contributed by atoms with Crippen molar-refractivity contribution in [2.24, 2.45) is 0 Å². The van der Waals surface area contributed by atoms with E-state index < -0.39 is 0 Å². The van der Waals surface area contributed by atoms with E-state index in [9.17, 15) is 24.0 Å². The van der Waals surface area contributed by atoms with Crippen LogP contribution < -0.4 is 21.3 Å². The lowest BCUT2D eigenvalue weighted by Gasteiger charge is -2.01. The van der Waals surface area contributed by atoms with Gasteiger partial charge in [0.15, 0.2) is 0 Å². The maximum atomic E-state index is 10.9. The maximum absolute atomic E-state index is 10.9. The standard InChI is InChI=1S/C10H14.C8H16N2O2.C5H12N2O.2C5H10O.C5H3.C4H10S/c1-3-9-5-7-10(4-2)8-6-9;1-3-9-7(11)5-6-8(12)10-4-2;1-3-6-5(8)7-4-2;2*1-3-5(6)4-2;2*1-3-5-4-2/h5-8H,3-4H2,1-2H3;3-6H2,1-2H3,(H,9,11)(H,10,12);3-4H2,1-2H3,(H2,6,7,8);2*3-4H2,1-2H3;1H3;3-4H2,1-2H3/q;;;;;-1;.